The summed E-state index contributed by atoms with van der Waals surface area (Å²) in [5, 5.41) is 7.37. The number of nitrogen functional groups attached to an aromatic ring is 2. The summed E-state index contributed by atoms with van der Waals surface area (Å²) < 4.78 is 0. The Morgan fingerprint density at radius 1 is 1.00 bits per heavy atom. The Hall–Kier alpha value is -2.04. The lowest BCUT2D eigenvalue weighted by atomic mass is 9.89. The molecule has 1 aromatic carbocycles. The second-order valence-electron chi connectivity index (χ2n) is 5.27. The van der Waals surface area contributed by atoms with Crippen molar-refractivity contribution in [1.29, 1.82) is 0 Å². The van der Waals surface area contributed by atoms with E-state index in [4.69, 9.17) is 11.5 Å². The molecular weight excluding hydrogens is 238 g/mol. The molecule has 1 saturated carbocycles. The normalized spacial score (nSPS) is 16.6. The van der Waals surface area contributed by atoms with Gasteiger partial charge in [-0.05, 0) is 31.0 Å². The lowest BCUT2D eigenvalue weighted by Crippen LogP contribution is -2.06. The van der Waals surface area contributed by atoms with Crippen molar-refractivity contribution in [3.63, 3.8) is 0 Å². The van der Waals surface area contributed by atoms with E-state index >= 15 is 0 Å². The average molecular weight is 257 g/mol. The maximum Gasteiger partial charge on any atom is 0.181 e. The van der Waals surface area contributed by atoms with Crippen molar-refractivity contribution >= 4 is 11.4 Å². The fourth-order valence-corrected chi connectivity index (χ4v) is 2.77. The molecular formula is C14H19N5. The molecule has 1 aromatic heterocycles. The predicted octanol–water partition coefficient (Wildman–Crippen LogP) is 2.68. The number of aromatic amines is 1. The minimum absolute atomic E-state index is 0.522. The number of H-pyrrole nitrogens is 1. The van der Waals surface area contributed by atoms with Gasteiger partial charge in [0, 0.05) is 22.9 Å². The summed E-state index contributed by atoms with van der Waals surface area (Å²) in [6, 6.07) is 5.44. The van der Waals surface area contributed by atoms with Crippen LogP contribution in [0.15, 0.2) is 18.2 Å². The minimum atomic E-state index is 0.522. The minimum Gasteiger partial charge on any atom is -0.399 e. The number of benzene rings is 1. The average Bonchev–Trinajstić information content (AvgIpc) is 2.88. The SMILES string of the molecule is Nc1cc(N)cc(-c2n[nH]c(C3CCCCC3)n2)c1. The van der Waals surface area contributed by atoms with E-state index in [9.17, 15) is 0 Å². The second kappa shape index (κ2) is 4.91. The first-order valence-electron chi connectivity index (χ1n) is 6.81. The highest BCUT2D eigenvalue weighted by Crippen LogP contribution is 2.31. The van der Waals surface area contributed by atoms with E-state index in [0.717, 1.165) is 11.4 Å². The molecule has 0 unspecified atom stereocenters. The van der Waals surface area contributed by atoms with Gasteiger partial charge in [0.2, 0.25) is 0 Å². The maximum atomic E-state index is 5.80. The van der Waals surface area contributed by atoms with Gasteiger partial charge in [-0.2, -0.15) is 5.10 Å². The van der Waals surface area contributed by atoms with Crippen molar-refractivity contribution < 1.29 is 0 Å². The third kappa shape index (κ3) is 2.54. The number of rotatable bonds is 2. The van der Waals surface area contributed by atoms with Gasteiger partial charge in [-0.15, -0.1) is 0 Å². The van der Waals surface area contributed by atoms with E-state index in [2.05, 4.69) is 15.2 Å². The molecule has 1 aliphatic rings. The monoisotopic (exact) mass is 257 g/mol. The van der Waals surface area contributed by atoms with Gasteiger partial charge < -0.3 is 11.5 Å². The molecule has 1 fully saturated rings. The molecule has 3 rings (SSSR count). The summed E-state index contributed by atoms with van der Waals surface area (Å²) in [4.78, 5) is 4.61. The number of hydrogen-bond acceptors (Lipinski definition) is 4. The second-order valence-corrected chi connectivity index (χ2v) is 5.27. The fourth-order valence-electron chi connectivity index (χ4n) is 2.77. The van der Waals surface area contributed by atoms with Crippen molar-refractivity contribution in [1.82, 2.24) is 15.2 Å². The molecule has 0 amide bonds. The zero-order valence-electron chi connectivity index (χ0n) is 10.9. The molecule has 0 saturated heterocycles. The Kier molecular flexibility index (Phi) is 3.11. The molecule has 100 valence electrons. The Labute approximate surface area is 112 Å². The zero-order valence-corrected chi connectivity index (χ0v) is 10.9. The van der Waals surface area contributed by atoms with Gasteiger partial charge >= 0.3 is 0 Å². The van der Waals surface area contributed by atoms with Crippen LogP contribution in [0.25, 0.3) is 11.4 Å². The number of nitrogens with zero attached hydrogens (tertiary/aromatic N) is 2. The lowest BCUT2D eigenvalue weighted by molar-refractivity contribution is 0.429. The molecule has 1 heterocycles. The lowest BCUT2D eigenvalue weighted by Gasteiger charge is -2.18. The van der Waals surface area contributed by atoms with Gasteiger partial charge in [0.05, 0.1) is 0 Å². The first-order chi connectivity index (χ1) is 9.22. The van der Waals surface area contributed by atoms with Gasteiger partial charge in [0.25, 0.3) is 0 Å². The summed E-state index contributed by atoms with van der Waals surface area (Å²) in [6.07, 6.45) is 6.31. The molecule has 5 heteroatoms. The van der Waals surface area contributed by atoms with E-state index in [1.54, 1.807) is 6.07 Å². The number of anilines is 2. The highest BCUT2D eigenvalue weighted by molar-refractivity contribution is 5.67. The van der Waals surface area contributed by atoms with E-state index in [-0.39, 0.29) is 0 Å². The van der Waals surface area contributed by atoms with Crippen LogP contribution in [-0.2, 0) is 0 Å². The Morgan fingerprint density at radius 2 is 1.68 bits per heavy atom. The summed E-state index contributed by atoms with van der Waals surface area (Å²) in [7, 11) is 0. The van der Waals surface area contributed by atoms with Crippen LogP contribution in [0.2, 0.25) is 0 Å². The molecule has 0 aliphatic heterocycles. The third-order valence-electron chi connectivity index (χ3n) is 3.73. The Balaban J connectivity index is 1.87. The van der Waals surface area contributed by atoms with Crippen molar-refractivity contribution in [3.8, 4) is 11.4 Å². The first-order valence-corrected chi connectivity index (χ1v) is 6.81. The van der Waals surface area contributed by atoms with Crippen LogP contribution in [0.3, 0.4) is 0 Å². The van der Waals surface area contributed by atoms with Crippen molar-refractivity contribution in [2.24, 2.45) is 0 Å². The number of aromatic nitrogens is 3. The van der Waals surface area contributed by atoms with Crippen LogP contribution < -0.4 is 11.5 Å². The van der Waals surface area contributed by atoms with Crippen LogP contribution >= 0.6 is 0 Å². The van der Waals surface area contributed by atoms with E-state index < -0.39 is 0 Å². The standard InChI is InChI=1S/C14H19N5/c15-11-6-10(7-12(16)8-11)14-17-13(18-19-14)9-4-2-1-3-5-9/h6-9H,1-5,15-16H2,(H,17,18,19). The van der Waals surface area contributed by atoms with E-state index in [1.807, 2.05) is 12.1 Å². The number of nitrogens with one attached hydrogen (secondary N) is 1. The summed E-state index contributed by atoms with van der Waals surface area (Å²) in [6.45, 7) is 0. The first kappa shape index (κ1) is 12.0. The highest BCUT2D eigenvalue weighted by Gasteiger charge is 2.19. The van der Waals surface area contributed by atoms with Crippen LogP contribution in [0.1, 0.15) is 43.8 Å². The summed E-state index contributed by atoms with van der Waals surface area (Å²) >= 11 is 0. The Bertz CT molecular complexity index is 549. The summed E-state index contributed by atoms with van der Waals surface area (Å²) in [5.41, 5.74) is 13.7. The predicted molar refractivity (Wildman–Crippen MR) is 76.5 cm³/mol. The largest absolute Gasteiger partial charge is 0.399 e. The van der Waals surface area contributed by atoms with E-state index in [0.29, 0.717) is 23.1 Å². The molecule has 5 N–H and O–H groups in total. The molecule has 0 radical (unpaired) electrons. The topological polar surface area (TPSA) is 93.6 Å². The maximum absolute atomic E-state index is 5.80. The van der Waals surface area contributed by atoms with Gasteiger partial charge in [0.1, 0.15) is 5.82 Å². The van der Waals surface area contributed by atoms with E-state index in [1.165, 1.54) is 32.1 Å². The third-order valence-corrected chi connectivity index (χ3v) is 3.73. The smallest absolute Gasteiger partial charge is 0.181 e. The molecule has 2 aromatic rings. The van der Waals surface area contributed by atoms with Crippen LogP contribution in [0.5, 0.6) is 0 Å². The number of hydrogen-bond donors (Lipinski definition) is 3. The van der Waals surface area contributed by atoms with Crippen LogP contribution in [0.4, 0.5) is 11.4 Å². The van der Waals surface area contributed by atoms with Gasteiger partial charge in [-0.25, -0.2) is 4.98 Å². The molecule has 0 bridgehead atoms. The van der Waals surface area contributed by atoms with Crippen molar-refractivity contribution in [3.05, 3.63) is 24.0 Å². The molecule has 0 atom stereocenters. The highest BCUT2D eigenvalue weighted by atomic mass is 15.2. The van der Waals surface area contributed by atoms with Gasteiger partial charge in [-0.3, -0.25) is 5.10 Å². The van der Waals surface area contributed by atoms with Crippen LogP contribution in [-0.4, -0.2) is 15.2 Å². The van der Waals surface area contributed by atoms with Crippen molar-refractivity contribution in [2.45, 2.75) is 38.0 Å². The molecule has 19 heavy (non-hydrogen) atoms. The molecule has 1 aliphatic carbocycles. The van der Waals surface area contributed by atoms with Crippen molar-refractivity contribution in [2.75, 3.05) is 11.5 Å². The zero-order chi connectivity index (χ0) is 13.2. The molecule has 5 nitrogen and oxygen atoms in total. The summed E-state index contributed by atoms with van der Waals surface area (Å²) in [5.74, 6) is 2.20. The number of nitrogens with two attached hydrogens (primary N) is 2. The van der Waals surface area contributed by atoms with Crippen LogP contribution in [0, 0.1) is 0 Å². The quantitative estimate of drug-likeness (QED) is 0.721. The van der Waals surface area contributed by atoms with Gasteiger partial charge in [-0.1, -0.05) is 19.3 Å². The van der Waals surface area contributed by atoms with Gasteiger partial charge in [0.15, 0.2) is 5.82 Å². The molecule has 0 spiro atoms. The fraction of sp³-hybridized carbons (Fsp3) is 0.429. The Morgan fingerprint density at radius 3 is 2.37 bits per heavy atom.